The van der Waals surface area contributed by atoms with Crippen molar-refractivity contribution in [3.8, 4) is 0 Å². The van der Waals surface area contributed by atoms with Crippen molar-refractivity contribution in [1.82, 2.24) is 9.78 Å². The molecule has 0 fully saturated rings. The predicted octanol–water partition coefficient (Wildman–Crippen LogP) is 3.20. The molecule has 0 aliphatic carbocycles. The number of carbonyl (C=O) groups is 2. The third-order valence-electron chi connectivity index (χ3n) is 3.53. The van der Waals surface area contributed by atoms with E-state index in [1.807, 2.05) is 26.8 Å². The van der Waals surface area contributed by atoms with Gasteiger partial charge in [-0.1, -0.05) is 13.8 Å². The zero-order valence-corrected chi connectivity index (χ0v) is 14.4. The monoisotopic (exact) mass is 328 g/mol. The highest BCUT2D eigenvalue weighted by molar-refractivity contribution is 5.92. The molecule has 24 heavy (non-hydrogen) atoms. The summed E-state index contributed by atoms with van der Waals surface area (Å²) >= 11 is 0. The van der Waals surface area contributed by atoms with Gasteiger partial charge in [0.1, 0.15) is 0 Å². The molecule has 0 bridgehead atoms. The summed E-state index contributed by atoms with van der Waals surface area (Å²) in [4.78, 5) is 23.7. The van der Waals surface area contributed by atoms with Crippen LogP contribution in [0.2, 0.25) is 0 Å². The quantitative estimate of drug-likeness (QED) is 0.819. The number of aryl methyl sites for hydroxylation is 2. The van der Waals surface area contributed by atoms with E-state index >= 15 is 0 Å². The molecule has 0 atom stereocenters. The number of carbonyl (C=O) groups excluding carboxylic acids is 2. The molecule has 128 valence electrons. The summed E-state index contributed by atoms with van der Waals surface area (Å²) in [5.74, 6) is 0.250. The van der Waals surface area contributed by atoms with Gasteiger partial charge in [-0.3, -0.25) is 14.3 Å². The maximum Gasteiger partial charge on any atom is 0.226 e. The summed E-state index contributed by atoms with van der Waals surface area (Å²) < 4.78 is 1.80. The first-order valence-electron chi connectivity index (χ1n) is 8.12. The van der Waals surface area contributed by atoms with Crippen LogP contribution in [0.4, 0.5) is 11.4 Å². The standard InChI is InChI=1S/C18H24N4O2/c1-13(2)12-18(24)21-16-6-4-15(5-7-16)20-17(23)9-11-22-14(3)8-10-19-22/h4-8,10,13H,9,11-12H2,1-3H3,(H,20,23)(H,21,24). The average Bonchev–Trinajstić information content (AvgIpc) is 2.91. The number of benzene rings is 1. The molecule has 2 aromatic rings. The summed E-state index contributed by atoms with van der Waals surface area (Å²) in [6.07, 6.45) is 2.57. The highest BCUT2D eigenvalue weighted by Gasteiger charge is 2.07. The molecule has 1 heterocycles. The van der Waals surface area contributed by atoms with Gasteiger partial charge in [0.15, 0.2) is 0 Å². The summed E-state index contributed by atoms with van der Waals surface area (Å²) in [7, 11) is 0. The smallest absolute Gasteiger partial charge is 0.226 e. The Balaban J connectivity index is 1.81. The van der Waals surface area contributed by atoms with Gasteiger partial charge in [0.25, 0.3) is 0 Å². The maximum absolute atomic E-state index is 12.0. The molecule has 0 unspecified atom stereocenters. The lowest BCUT2D eigenvalue weighted by Crippen LogP contribution is -2.16. The van der Waals surface area contributed by atoms with Crippen molar-refractivity contribution in [2.45, 2.75) is 40.2 Å². The van der Waals surface area contributed by atoms with Crippen molar-refractivity contribution in [3.05, 3.63) is 42.2 Å². The lowest BCUT2D eigenvalue weighted by atomic mass is 10.1. The van der Waals surface area contributed by atoms with E-state index < -0.39 is 0 Å². The number of hydrogen-bond donors (Lipinski definition) is 2. The van der Waals surface area contributed by atoms with Crippen LogP contribution in [0.15, 0.2) is 36.5 Å². The lowest BCUT2D eigenvalue weighted by molar-refractivity contribution is -0.117. The molecular formula is C18H24N4O2. The first-order valence-corrected chi connectivity index (χ1v) is 8.12. The summed E-state index contributed by atoms with van der Waals surface area (Å²) in [5, 5.41) is 9.84. The Morgan fingerprint density at radius 2 is 1.62 bits per heavy atom. The number of anilines is 2. The van der Waals surface area contributed by atoms with Crippen molar-refractivity contribution >= 4 is 23.2 Å². The molecule has 6 heteroatoms. The Morgan fingerprint density at radius 1 is 1.04 bits per heavy atom. The van der Waals surface area contributed by atoms with Crippen LogP contribution in [-0.2, 0) is 16.1 Å². The minimum Gasteiger partial charge on any atom is -0.326 e. The third kappa shape index (κ3) is 5.53. The molecule has 2 N–H and O–H groups in total. The van der Waals surface area contributed by atoms with Gasteiger partial charge in [-0.2, -0.15) is 5.10 Å². The summed E-state index contributed by atoms with van der Waals surface area (Å²) in [5.41, 5.74) is 2.47. The molecule has 0 aliphatic rings. The minimum absolute atomic E-state index is 0.00335. The van der Waals surface area contributed by atoms with Gasteiger partial charge in [0.05, 0.1) is 0 Å². The molecule has 0 aliphatic heterocycles. The molecule has 0 radical (unpaired) electrons. The van der Waals surface area contributed by atoms with E-state index in [1.165, 1.54) is 0 Å². The van der Waals surface area contributed by atoms with E-state index in [0.717, 1.165) is 11.4 Å². The van der Waals surface area contributed by atoms with Crippen molar-refractivity contribution in [2.24, 2.45) is 5.92 Å². The number of aromatic nitrogens is 2. The van der Waals surface area contributed by atoms with Crippen molar-refractivity contribution in [3.63, 3.8) is 0 Å². The number of nitrogens with one attached hydrogen (secondary N) is 2. The lowest BCUT2D eigenvalue weighted by Gasteiger charge is -2.09. The normalized spacial score (nSPS) is 10.7. The molecule has 0 spiro atoms. The van der Waals surface area contributed by atoms with Crippen LogP contribution in [0.5, 0.6) is 0 Å². The molecule has 0 saturated heterocycles. The third-order valence-corrected chi connectivity index (χ3v) is 3.53. The predicted molar refractivity (Wildman–Crippen MR) is 94.7 cm³/mol. The molecule has 2 rings (SSSR count). The van der Waals surface area contributed by atoms with Crippen molar-refractivity contribution in [1.29, 1.82) is 0 Å². The molecule has 1 aromatic carbocycles. The van der Waals surface area contributed by atoms with Crippen LogP contribution in [0.3, 0.4) is 0 Å². The number of nitrogens with zero attached hydrogens (tertiary/aromatic N) is 2. The van der Waals surface area contributed by atoms with E-state index in [1.54, 1.807) is 35.1 Å². The van der Waals surface area contributed by atoms with Crippen LogP contribution >= 0.6 is 0 Å². The average molecular weight is 328 g/mol. The van der Waals surface area contributed by atoms with Crippen LogP contribution in [0, 0.1) is 12.8 Å². The van der Waals surface area contributed by atoms with Gasteiger partial charge in [-0.15, -0.1) is 0 Å². The fraction of sp³-hybridized carbons (Fsp3) is 0.389. The van der Waals surface area contributed by atoms with Gasteiger partial charge in [-0.25, -0.2) is 0 Å². The van der Waals surface area contributed by atoms with Crippen molar-refractivity contribution < 1.29 is 9.59 Å². The summed E-state index contributed by atoms with van der Waals surface area (Å²) in [6, 6.07) is 9.03. The highest BCUT2D eigenvalue weighted by Crippen LogP contribution is 2.15. The summed E-state index contributed by atoms with van der Waals surface area (Å²) in [6.45, 7) is 6.51. The zero-order chi connectivity index (χ0) is 17.5. The first kappa shape index (κ1) is 17.7. The Hall–Kier alpha value is -2.63. The minimum atomic E-state index is -0.0681. The van der Waals surface area contributed by atoms with Gasteiger partial charge in [0, 0.05) is 42.7 Å². The van der Waals surface area contributed by atoms with Crippen molar-refractivity contribution in [2.75, 3.05) is 10.6 Å². The SMILES string of the molecule is Cc1ccnn1CCC(=O)Nc1ccc(NC(=O)CC(C)C)cc1. The highest BCUT2D eigenvalue weighted by atomic mass is 16.2. The molecular weight excluding hydrogens is 304 g/mol. The number of rotatable bonds is 7. The Bertz CT molecular complexity index is 689. The Morgan fingerprint density at radius 3 is 2.12 bits per heavy atom. The van der Waals surface area contributed by atoms with Gasteiger partial charge < -0.3 is 10.6 Å². The van der Waals surface area contributed by atoms with Crippen LogP contribution in [0.1, 0.15) is 32.4 Å². The van der Waals surface area contributed by atoms with Gasteiger partial charge in [0.2, 0.25) is 11.8 Å². The van der Waals surface area contributed by atoms with Gasteiger partial charge in [-0.05, 0) is 43.2 Å². The molecule has 2 amide bonds. The van der Waals surface area contributed by atoms with Crippen LogP contribution in [-0.4, -0.2) is 21.6 Å². The second-order valence-corrected chi connectivity index (χ2v) is 6.22. The Labute approximate surface area is 142 Å². The fourth-order valence-electron chi connectivity index (χ4n) is 2.28. The molecule has 0 saturated carbocycles. The second kappa shape index (κ2) is 8.29. The van der Waals surface area contributed by atoms with E-state index in [0.29, 0.717) is 31.0 Å². The van der Waals surface area contributed by atoms with E-state index in [2.05, 4.69) is 15.7 Å². The van der Waals surface area contributed by atoms with E-state index in [9.17, 15) is 9.59 Å². The van der Waals surface area contributed by atoms with Crippen LogP contribution in [0.25, 0.3) is 0 Å². The zero-order valence-electron chi connectivity index (χ0n) is 14.4. The topological polar surface area (TPSA) is 76.0 Å². The maximum atomic E-state index is 12.0. The first-order chi connectivity index (χ1) is 11.4. The number of hydrogen-bond acceptors (Lipinski definition) is 3. The Kier molecular flexibility index (Phi) is 6.12. The van der Waals surface area contributed by atoms with Gasteiger partial charge >= 0.3 is 0 Å². The van der Waals surface area contributed by atoms with E-state index in [4.69, 9.17) is 0 Å². The van der Waals surface area contributed by atoms with Crippen LogP contribution < -0.4 is 10.6 Å². The van der Waals surface area contributed by atoms with E-state index in [-0.39, 0.29) is 11.8 Å². The largest absolute Gasteiger partial charge is 0.326 e. The molecule has 1 aromatic heterocycles. The number of amides is 2. The molecule has 6 nitrogen and oxygen atoms in total. The second-order valence-electron chi connectivity index (χ2n) is 6.22. The fourth-order valence-corrected chi connectivity index (χ4v) is 2.28.